The lowest BCUT2D eigenvalue weighted by Crippen LogP contribution is -2.23. The molecule has 0 amide bonds. The van der Waals surface area contributed by atoms with E-state index in [9.17, 15) is 4.79 Å². The molecule has 0 unspecified atom stereocenters. The molecule has 98 valence electrons. The molecule has 1 aromatic heterocycles. The highest BCUT2D eigenvalue weighted by atomic mass is 16.1. The van der Waals surface area contributed by atoms with Gasteiger partial charge in [0.15, 0.2) is 0 Å². The lowest BCUT2D eigenvalue weighted by molar-refractivity contribution is 0.796. The van der Waals surface area contributed by atoms with Gasteiger partial charge in [0.25, 0.3) is 5.56 Å². The van der Waals surface area contributed by atoms with Gasteiger partial charge in [0.05, 0.1) is 6.54 Å². The predicted molar refractivity (Wildman–Crippen MR) is 79.2 cm³/mol. The highest BCUT2D eigenvalue weighted by Gasteiger charge is 2.18. The Bertz CT molecular complexity index is 818. The van der Waals surface area contributed by atoms with Crippen molar-refractivity contribution < 1.29 is 0 Å². The van der Waals surface area contributed by atoms with E-state index in [2.05, 4.69) is 31.2 Å². The molecular weight excluding hydrogens is 248 g/mol. The summed E-state index contributed by atoms with van der Waals surface area (Å²) in [4.78, 5) is 12.3. The van der Waals surface area contributed by atoms with E-state index in [-0.39, 0.29) is 11.1 Å². The molecule has 0 spiro atoms. The Balaban J connectivity index is 2.08. The van der Waals surface area contributed by atoms with Crippen molar-refractivity contribution in [3.8, 4) is 6.07 Å². The van der Waals surface area contributed by atoms with Crippen LogP contribution in [0.5, 0.6) is 0 Å². The Morgan fingerprint density at radius 1 is 1.20 bits per heavy atom. The zero-order valence-electron chi connectivity index (χ0n) is 11.5. The number of nitriles is 1. The van der Waals surface area contributed by atoms with Crippen LogP contribution in [0.15, 0.2) is 35.1 Å². The van der Waals surface area contributed by atoms with Crippen molar-refractivity contribution in [2.75, 3.05) is 0 Å². The molecule has 0 aliphatic carbocycles. The lowest BCUT2D eigenvalue weighted by atomic mass is 10.0. The van der Waals surface area contributed by atoms with E-state index in [1.807, 2.05) is 18.2 Å². The summed E-state index contributed by atoms with van der Waals surface area (Å²) >= 11 is 0. The molecule has 0 N–H and O–H groups in total. The number of fused-ring (bicyclic) bond motifs is 1. The highest BCUT2D eigenvalue weighted by Crippen LogP contribution is 2.26. The van der Waals surface area contributed by atoms with Crippen LogP contribution in [0.25, 0.3) is 11.6 Å². The van der Waals surface area contributed by atoms with E-state index in [1.165, 1.54) is 5.56 Å². The fourth-order valence-corrected chi connectivity index (χ4v) is 2.55. The van der Waals surface area contributed by atoms with Gasteiger partial charge in [-0.3, -0.25) is 4.79 Å². The Labute approximate surface area is 117 Å². The summed E-state index contributed by atoms with van der Waals surface area (Å²) in [5, 5.41) is 9.06. The number of hydrogen-bond acceptors (Lipinski definition) is 2. The van der Waals surface area contributed by atoms with Gasteiger partial charge in [-0.1, -0.05) is 29.8 Å². The minimum atomic E-state index is -0.194. The van der Waals surface area contributed by atoms with Gasteiger partial charge in [-0.05, 0) is 42.7 Å². The van der Waals surface area contributed by atoms with Crippen molar-refractivity contribution in [3.63, 3.8) is 0 Å². The van der Waals surface area contributed by atoms with Gasteiger partial charge < -0.3 is 4.57 Å². The molecule has 0 fully saturated rings. The molecule has 0 saturated heterocycles. The van der Waals surface area contributed by atoms with E-state index in [4.69, 9.17) is 5.26 Å². The van der Waals surface area contributed by atoms with Crippen LogP contribution >= 0.6 is 0 Å². The molecule has 20 heavy (non-hydrogen) atoms. The number of benzene rings is 1. The number of pyridine rings is 1. The van der Waals surface area contributed by atoms with Gasteiger partial charge in [-0.15, -0.1) is 0 Å². The molecule has 1 aromatic carbocycles. The zero-order chi connectivity index (χ0) is 14.3. The number of rotatable bonds is 1. The summed E-state index contributed by atoms with van der Waals surface area (Å²) in [6.45, 7) is 4.39. The summed E-state index contributed by atoms with van der Waals surface area (Å²) in [6, 6.07) is 12.2. The SMILES string of the molecule is Cc1ccc(C2=Cc3cc(C)c(C#N)c(=O)n3C2)cc1. The molecule has 2 heterocycles. The Kier molecular flexibility index (Phi) is 2.80. The van der Waals surface area contributed by atoms with Crippen molar-refractivity contribution >= 4 is 11.6 Å². The third kappa shape index (κ3) is 1.86. The maximum atomic E-state index is 12.3. The van der Waals surface area contributed by atoms with Crippen LogP contribution < -0.4 is 5.56 Å². The van der Waals surface area contributed by atoms with Gasteiger partial charge in [-0.25, -0.2) is 0 Å². The zero-order valence-corrected chi connectivity index (χ0v) is 11.5. The maximum absolute atomic E-state index is 12.3. The normalized spacial score (nSPS) is 12.8. The first-order valence-corrected chi connectivity index (χ1v) is 6.52. The molecule has 3 nitrogen and oxygen atoms in total. The smallest absolute Gasteiger partial charge is 0.269 e. The van der Waals surface area contributed by atoms with Crippen LogP contribution in [0.4, 0.5) is 0 Å². The third-order valence-corrected chi connectivity index (χ3v) is 3.71. The second kappa shape index (κ2) is 4.50. The number of hydrogen-bond donors (Lipinski definition) is 0. The summed E-state index contributed by atoms with van der Waals surface area (Å²) in [5.74, 6) is 0. The number of aromatic nitrogens is 1. The van der Waals surface area contributed by atoms with E-state index >= 15 is 0 Å². The van der Waals surface area contributed by atoms with E-state index in [0.29, 0.717) is 6.54 Å². The molecule has 0 bridgehead atoms. The molecule has 3 heteroatoms. The van der Waals surface area contributed by atoms with Crippen LogP contribution in [-0.4, -0.2) is 4.57 Å². The molecule has 1 aliphatic heterocycles. The van der Waals surface area contributed by atoms with Crippen LogP contribution in [0, 0.1) is 25.2 Å². The van der Waals surface area contributed by atoms with E-state index in [1.54, 1.807) is 11.5 Å². The van der Waals surface area contributed by atoms with Crippen molar-refractivity contribution in [1.82, 2.24) is 4.57 Å². The van der Waals surface area contributed by atoms with Gasteiger partial charge in [0, 0.05) is 5.69 Å². The molecule has 0 saturated carbocycles. The van der Waals surface area contributed by atoms with Gasteiger partial charge in [-0.2, -0.15) is 5.26 Å². The molecule has 0 radical (unpaired) electrons. The first-order valence-electron chi connectivity index (χ1n) is 6.52. The molecule has 3 rings (SSSR count). The van der Waals surface area contributed by atoms with E-state index < -0.39 is 0 Å². The molecule has 2 aromatic rings. The number of allylic oxidation sites excluding steroid dienone is 1. The maximum Gasteiger partial charge on any atom is 0.269 e. The van der Waals surface area contributed by atoms with Crippen LogP contribution in [-0.2, 0) is 6.54 Å². The fraction of sp³-hybridized carbons (Fsp3) is 0.176. The van der Waals surface area contributed by atoms with Crippen LogP contribution in [0.3, 0.4) is 0 Å². The van der Waals surface area contributed by atoms with Gasteiger partial charge in [0.1, 0.15) is 11.6 Å². The van der Waals surface area contributed by atoms with Crippen molar-refractivity contribution in [2.24, 2.45) is 0 Å². The highest BCUT2D eigenvalue weighted by molar-refractivity contribution is 5.83. The van der Waals surface area contributed by atoms with Gasteiger partial charge in [0.2, 0.25) is 0 Å². The number of nitrogens with zero attached hydrogens (tertiary/aromatic N) is 2. The fourth-order valence-electron chi connectivity index (χ4n) is 2.55. The minimum absolute atomic E-state index is 0.194. The average molecular weight is 262 g/mol. The molecule has 1 aliphatic rings. The molecule has 0 atom stereocenters. The first kappa shape index (κ1) is 12.4. The second-order valence-electron chi connectivity index (χ2n) is 5.17. The first-order chi connectivity index (χ1) is 9.60. The summed E-state index contributed by atoms with van der Waals surface area (Å²) < 4.78 is 1.67. The van der Waals surface area contributed by atoms with Gasteiger partial charge >= 0.3 is 0 Å². The largest absolute Gasteiger partial charge is 0.303 e. The van der Waals surface area contributed by atoms with Crippen LogP contribution in [0.1, 0.15) is 27.9 Å². The summed E-state index contributed by atoms with van der Waals surface area (Å²) in [5.41, 5.74) is 5.11. The predicted octanol–water partition coefficient (Wildman–Crippen LogP) is 2.89. The van der Waals surface area contributed by atoms with Crippen LogP contribution in [0.2, 0.25) is 0 Å². The van der Waals surface area contributed by atoms with E-state index in [0.717, 1.165) is 22.4 Å². The Hall–Kier alpha value is -2.60. The van der Waals surface area contributed by atoms with Crippen molar-refractivity contribution in [3.05, 3.63) is 68.6 Å². The quantitative estimate of drug-likeness (QED) is 0.793. The Morgan fingerprint density at radius 2 is 1.90 bits per heavy atom. The third-order valence-electron chi connectivity index (χ3n) is 3.71. The summed E-state index contributed by atoms with van der Waals surface area (Å²) in [7, 11) is 0. The van der Waals surface area contributed by atoms with Crippen molar-refractivity contribution in [2.45, 2.75) is 20.4 Å². The minimum Gasteiger partial charge on any atom is -0.303 e. The average Bonchev–Trinajstić information content (AvgIpc) is 2.84. The topological polar surface area (TPSA) is 45.8 Å². The number of aryl methyl sites for hydroxylation is 2. The Morgan fingerprint density at radius 3 is 2.55 bits per heavy atom. The second-order valence-corrected chi connectivity index (χ2v) is 5.17. The monoisotopic (exact) mass is 262 g/mol. The summed E-state index contributed by atoms with van der Waals surface area (Å²) in [6.07, 6.45) is 2.03. The molecular formula is C17H14N2O. The standard InChI is InChI=1S/C17H14N2O/c1-11-3-5-13(6-4-11)14-8-15-7-12(2)16(9-18)17(20)19(15)10-14/h3-8H,10H2,1-2H3. The lowest BCUT2D eigenvalue weighted by Gasteiger charge is -2.06. The van der Waals surface area contributed by atoms with Crippen molar-refractivity contribution in [1.29, 1.82) is 5.26 Å².